The van der Waals surface area contributed by atoms with E-state index in [4.69, 9.17) is 0 Å². The number of halogens is 2. The largest absolute Gasteiger partial charge is 0.207 e. The Bertz CT molecular complexity index is 533. The van der Waals surface area contributed by atoms with E-state index in [2.05, 4.69) is 47.1 Å². The molecule has 20 heavy (non-hydrogen) atoms. The molecule has 0 saturated heterocycles. The predicted octanol–water partition coefficient (Wildman–Crippen LogP) is 5.85. The van der Waals surface area contributed by atoms with E-state index in [0.717, 1.165) is 12.0 Å². The standard InChI is InChI=1S/C18H20BrF/c1-2-3-6-14-9-11-15(12-10-14)17(19)13-16-7-4-5-8-18(16)20/h4-5,7-12,17H,2-3,6,13H2,1H3. The van der Waals surface area contributed by atoms with Crippen molar-refractivity contribution < 1.29 is 4.39 Å². The Balaban J connectivity index is 2.02. The molecule has 0 spiro atoms. The fourth-order valence-electron chi connectivity index (χ4n) is 2.25. The van der Waals surface area contributed by atoms with Gasteiger partial charge in [-0.05, 0) is 42.0 Å². The monoisotopic (exact) mass is 334 g/mol. The zero-order valence-corrected chi connectivity index (χ0v) is 13.4. The number of hydrogen-bond acceptors (Lipinski definition) is 0. The first-order valence-electron chi connectivity index (χ1n) is 7.17. The van der Waals surface area contributed by atoms with Crippen LogP contribution in [0.2, 0.25) is 0 Å². The number of hydrogen-bond donors (Lipinski definition) is 0. The molecular formula is C18H20BrF. The molecule has 1 unspecified atom stereocenters. The first kappa shape index (κ1) is 15.2. The lowest BCUT2D eigenvalue weighted by molar-refractivity contribution is 0.608. The van der Waals surface area contributed by atoms with Crippen molar-refractivity contribution in [1.82, 2.24) is 0 Å². The summed E-state index contributed by atoms with van der Waals surface area (Å²) in [6.45, 7) is 2.21. The van der Waals surface area contributed by atoms with Crippen LogP contribution in [0.4, 0.5) is 4.39 Å². The summed E-state index contributed by atoms with van der Waals surface area (Å²) in [5, 5.41) is 0. The van der Waals surface area contributed by atoms with Gasteiger partial charge in [-0.2, -0.15) is 0 Å². The molecule has 0 aliphatic rings. The maximum Gasteiger partial charge on any atom is 0.126 e. The van der Waals surface area contributed by atoms with Crippen LogP contribution >= 0.6 is 15.9 Å². The van der Waals surface area contributed by atoms with Crippen molar-refractivity contribution in [2.45, 2.75) is 37.4 Å². The van der Waals surface area contributed by atoms with Gasteiger partial charge in [0.25, 0.3) is 0 Å². The highest BCUT2D eigenvalue weighted by molar-refractivity contribution is 9.09. The normalized spacial score (nSPS) is 12.3. The van der Waals surface area contributed by atoms with Crippen LogP contribution in [0.5, 0.6) is 0 Å². The highest BCUT2D eigenvalue weighted by Crippen LogP contribution is 2.28. The Morgan fingerprint density at radius 1 is 1.05 bits per heavy atom. The van der Waals surface area contributed by atoms with Gasteiger partial charge in [0.2, 0.25) is 0 Å². The summed E-state index contributed by atoms with van der Waals surface area (Å²) in [6.07, 6.45) is 4.25. The van der Waals surface area contributed by atoms with E-state index in [9.17, 15) is 4.39 Å². The van der Waals surface area contributed by atoms with E-state index in [-0.39, 0.29) is 10.6 Å². The summed E-state index contributed by atoms with van der Waals surface area (Å²) in [4.78, 5) is 0.152. The van der Waals surface area contributed by atoms with Crippen molar-refractivity contribution in [3.8, 4) is 0 Å². The van der Waals surface area contributed by atoms with Crippen molar-refractivity contribution in [2.75, 3.05) is 0 Å². The molecule has 0 heterocycles. The van der Waals surface area contributed by atoms with E-state index < -0.39 is 0 Å². The SMILES string of the molecule is CCCCc1ccc(C(Br)Cc2ccccc2F)cc1. The van der Waals surface area contributed by atoms with E-state index >= 15 is 0 Å². The number of rotatable bonds is 6. The van der Waals surface area contributed by atoms with Crippen LogP contribution in [-0.2, 0) is 12.8 Å². The van der Waals surface area contributed by atoms with Crippen molar-refractivity contribution in [3.63, 3.8) is 0 Å². The van der Waals surface area contributed by atoms with Gasteiger partial charge in [-0.15, -0.1) is 0 Å². The minimum Gasteiger partial charge on any atom is -0.207 e. The quantitative estimate of drug-likeness (QED) is 0.581. The van der Waals surface area contributed by atoms with E-state index in [1.807, 2.05) is 12.1 Å². The fourth-order valence-corrected chi connectivity index (χ4v) is 2.90. The predicted molar refractivity (Wildman–Crippen MR) is 86.8 cm³/mol. The second-order valence-electron chi connectivity index (χ2n) is 5.11. The summed E-state index contributed by atoms with van der Waals surface area (Å²) >= 11 is 3.67. The molecule has 0 fully saturated rings. The van der Waals surface area contributed by atoms with Gasteiger partial charge in [-0.1, -0.05) is 71.7 Å². The van der Waals surface area contributed by atoms with Crippen LogP contribution in [0.3, 0.4) is 0 Å². The second kappa shape index (κ2) is 7.58. The number of alkyl halides is 1. The molecule has 0 N–H and O–H groups in total. The zero-order valence-electron chi connectivity index (χ0n) is 11.8. The molecule has 2 rings (SSSR count). The molecule has 0 nitrogen and oxygen atoms in total. The molecule has 1 atom stereocenters. The molecule has 106 valence electrons. The average Bonchev–Trinajstić information content (AvgIpc) is 2.48. The Morgan fingerprint density at radius 2 is 1.75 bits per heavy atom. The van der Waals surface area contributed by atoms with Gasteiger partial charge >= 0.3 is 0 Å². The maximum absolute atomic E-state index is 13.6. The molecule has 0 radical (unpaired) electrons. The molecule has 2 heteroatoms. The van der Waals surface area contributed by atoms with Gasteiger partial charge in [0, 0.05) is 4.83 Å². The van der Waals surface area contributed by atoms with Crippen LogP contribution in [0, 0.1) is 5.82 Å². The zero-order chi connectivity index (χ0) is 14.4. The first-order valence-corrected chi connectivity index (χ1v) is 8.08. The average molecular weight is 335 g/mol. The van der Waals surface area contributed by atoms with E-state index in [1.165, 1.54) is 30.0 Å². The summed E-state index contributed by atoms with van der Waals surface area (Å²) in [5.74, 6) is -0.128. The molecule has 2 aromatic carbocycles. The summed E-state index contributed by atoms with van der Waals surface area (Å²) in [6, 6.07) is 15.6. The number of unbranched alkanes of at least 4 members (excludes halogenated alkanes) is 1. The van der Waals surface area contributed by atoms with Crippen molar-refractivity contribution >= 4 is 15.9 Å². The molecule has 0 bridgehead atoms. The Kier molecular flexibility index (Phi) is 5.78. The molecule has 0 aliphatic heterocycles. The van der Waals surface area contributed by atoms with Crippen LogP contribution in [0.25, 0.3) is 0 Å². The third kappa shape index (κ3) is 4.17. The van der Waals surface area contributed by atoms with Crippen LogP contribution in [-0.4, -0.2) is 0 Å². The van der Waals surface area contributed by atoms with Gasteiger partial charge in [0.15, 0.2) is 0 Å². The lowest BCUT2D eigenvalue weighted by Gasteiger charge is -2.12. The lowest BCUT2D eigenvalue weighted by atomic mass is 10.0. The van der Waals surface area contributed by atoms with Crippen molar-refractivity contribution in [2.24, 2.45) is 0 Å². The number of benzene rings is 2. The van der Waals surface area contributed by atoms with Gasteiger partial charge in [-0.3, -0.25) is 0 Å². The minimum atomic E-state index is -0.128. The van der Waals surface area contributed by atoms with E-state index in [0.29, 0.717) is 6.42 Å². The molecule has 0 aliphatic carbocycles. The summed E-state index contributed by atoms with van der Waals surface area (Å²) < 4.78 is 13.6. The molecule has 0 amide bonds. The van der Waals surface area contributed by atoms with Crippen LogP contribution < -0.4 is 0 Å². The lowest BCUT2D eigenvalue weighted by Crippen LogP contribution is -1.98. The van der Waals surface area contributed by atoms with Gasteiger partial charge < -0.3 is 0 Å². The highest BCUT2D eigenvalue weighted by Gasteiger charge is 2.11. The second-order valence-corrected chi connectivity index (χ2v) is 6.21. The van der Waals surface area contributed by atoms with Crippen molar-refractivity contribution in [3.05, 3.63) is 71.0 Å². The molecular weight excluding hydrogens is 315 g/mol. The third-order valence-corrected chi connectivity index (χ3v) is 4.37. The van der Waals surface area contributed by atoms with Gasteiger partial charge in [0.05, 0.1) is 0 Å². The van der Waals surface area contributed by atoms with Crippen LogP contribution in [0.15, 0.2) is 48.5 Å². The van der Waals surface area contributed by atoms with Crippen molar-refractivity contribution in [1.29, 1.82) is 0 Å². The molecule has 2 aromatic rings. The summed E-state index contributed by atoms with van der Waals surface area (Å²) in [5.41, 5.74) is 3.33. The Hall–Kier alpha value is -1.15. The summed E-state index contributed by atoms with van der Waals surface area (Å²) in [7, 11) is 0. The Morgan fingerprint density at radius 3 is 2.40 bits per heavy atom. The Labute approximate surface area is 129 Å². The molecule has 0 aromatic heterocycles. The third-order valence-electron chi connectivity index (χ3n) is 3.52. The van der Waals surface area contributed by atoms with Gasteiger partial charge in [-0.25, -0.2) is 4.39 Å². The maximum atomic E-state index is 13.6. The fraction of sp³-hybridized carbons (Fsp3) is 0.333. The van der Waals surface area contributed by atoms with Crippen LogP contribution in [0.1, 0.15) is 41.3 Å². The molecule has 0 saturated carbocycles. The van der Waals surface area contributed by atoms with Gasteiger partial charge in [0.1, 0.15) is 5.82 Å². The van der Waals surface area contributed by atoms with E-state index in [1.54, 1.807) is 6.07 Å². The smallest absolute Gasteiger partial charge is 0.126 e. The minimum absolute atomic E-state index is 0.128. The highest BCUT2D eigenvalue weighted by atomic mass is 79.9. The number of aryl methyl sites for hydroxylation is 1. The topological polar surface area (TPSA) is 0 Å². The first-order chi connectivity index (χ1) is 9.70.